The third kappa shape index (κ3) is 3.92. The number of hydrogen-bond acceptors (Lipinski definition) is 4. The molecule has 0 bridgehead atoms. The van der Waals surface area contributed by atoms with Crippen LogP contribution >= 0.6 is 0 Å². The fourth-order valence-electron chi connectivity index (χ4n) is 3.18. The number of benzene rings is 1. The normalized spacial score (nSPS) is 22.2. The number of nitrogens with zero attached hydrogens (tertiary/aromatic N) is 2. The quantitative estimate of drug-likeness (QED) is 0.890. The van der Waals surface area contributed by atoms with E-state index in [2.05, 4.69) is 22.0 Å². The van der Waals surface area contributed by atoms with Gasteiger partial charge in [-0.15, -0.1) is 0 Å². The highest BCUT2D eigenvalue weighted by Crippen LogP contribution is 2.27. The summed E-state index contributed by atoms with van der Waals surface area (Å²) >= 11 is 0. The first kappa shape index (κ1) is 16.0. The third-order valence-electron chi connectivity index (χ3n) is 4.62. The molecule has 0 spiro atoms. The second kappa shape index (κ2) is 7.15. The molecule has 2 heterocycles. The molecule has 0 unspecified atom stereocenters. The Bertz CT molecular complexity index is 614. The van der Waals surface area contributed by atoms with Crippen LogP contribution in [0.25, 0.3) is 0 Å². The Morgan fingerprint density at radius 1 is 1.30 bits per heavy atom. The number of aromatic amines is 1. The number of hydrogen-bond donors (Lipinski definition) is 1. The van der Waals surface area contributed by atoms with E-state index in [9.17, 15) is 0 Å². The van der Waals surface area contributed by atoms with Crippen molar-refractivity contribution in [3.8, 4) is 5.75 Å². The molecule has 0 radical (unpaired) electrons. The summed E-state index contributed by atoms with van der Waals surface area (Å²) in [6, 6.07) is 9.94. The molecule has 1 fully saturated rings. The van der Waals surface area contributed by atoms with E-state index in [1.54, 1.807) is 7.11 Å². The van der Waals surface area contributed by atoms with Crippen molar-refractivity contribution in [1.82, 2.24) is 15.1 Å². The highest BCUT2D eigenvalue weighted by molar-refractivity contribution is 5.21. The number of aryl methyl sites for hydroxylation is 1. The Kier molecular flexibility index (Phi) is 4.98. The molecule has 0 amide bonds. The largest absolute Gasteiger partial charge is 0.491 e. The molecule has 0 saturated carbocycles. The summed E-state index contributed by atoms with van der Waals surface area (Å²) in [5.74, 6) is 0.895. The molecule has 3 rings (SSSR count). The molecule has 1 aromatic heterocycles. The van der Waals surface area contributed by atoms with Crippen LogP contribution in [0.5, 0.6) is 5.75 Å². The summed E-state index contributed by atoms with van der Waals surface area (Å²) in [4.78, 5) is 2.43. The Hall–Kier alpha value is -1.85. The minimum absolute atomic E-state index is 0.244. The summed E-state index contributed by atoms with van der Waals surface area (Å²) in [5, 5.41) is 7.12. The van der Waals surface area contributed by atoms with Gasteiger partial charge >= 0.3 is 0 Å². The minimum Gasteiger partial charge on any atom is -0.491 e. The lowest BCUT2D eigenvalue weighted by Gasteiger charge is -2.41. The van der Waals surface area contributed by atoms with Crippen LogP contribution in [0.4, 0.5) is 0 Å². The van der Waals surface area contributed by atoms with E-state index in [0.717, 1.165) is 43.9 Å². The van der Waals surface area contributed by atoms with Crippen molar-refractivity contribution in [2.75, 3.05) is 26.8 Å². The number of para-hydroxylation sites is 1. The van der Waals surface area contributed by atoms with Gasteiger partial charge in [0.25, 0.3) is 0 Å². The molecule has 5 heteroatoms. The molecule has 23 heavy (non-hydrogen) atoms. The fraction of sp³-hybridized carbons (Fsp3) is 0.500. The Morgan fingerprint density at radius 3 is 2.83 bits per heavy atom. The first-order chi connectivity index (χ1) is 11.2. The van der Waals surface area contributed by atoms with E-state index in [4.69, 9.17) is 9.47 Å². The van der Waals surface area contributed by atoms with Crippen LogP contribution in [-0.2, 0) is 11.3 Å². The van der Waals surface area contributed by atoms with Gasteiger partial charge in [0.2, 0.25) is 0 Å². The summed E-state index contributed by atoms with van der Waals surface area (Å²) in [5.41, 5.74) is 2.14. The van der Waals surface area contributed by atoms with E-state index in [-0.39, 0.29) is 5.60 Å². The third-order valence-corrected chi connectivity index (χ3v) is 4.62. The zero-order valence-corrected chi connectivity index (χ0v) is 13.9. The molecule has 1 atom stereocenters. The molecule has 5 nitrogen and oxygen atoms in total. The maximum Gasteiger partial charge on any atom is 0.119 e. The zero-order chi connectivity index (χ0) is 16.1. The lowest BCUT2D eigenvalue weighted by molar-refractivity contribution is -0.0908. The first-order valence-electron chi connectivity index (χ1n) is 8.15. The maximum atomic E-state index is 5.98. The molecule has 1 N–H and O–H groups in total. The van der Waals surface area contributed by atoms with Crippen LogP contribution in [0.1, 0.15) is 24.1 Å². The van der Waals surface area contributed by atoms with Crippen molar-refractivity contribution in [1.29, 1.82) is 0 Å². The first-order valence-corrected chi connectivity index (χ1v) is 8.15. The lowest BCUT2D eigenvalue weighted by atomic mass is 9.93. The number of H-pyrrole nitrogens is 1. The zero-order valence-electron chi connectivity index (χ0n) is 13.9. The Labute approximate surface area is 137 Å². The van der Waals surface area contributed by atoms with Gasteiger partial charge in [0.1, 0.15) is 18.0 Å². The van der Waals surface area contributed by atoms with Gasteiger partial charge in [0.15, 0.2) is 0 Å². The second-order valence-corrected chi connectivity index (χ2v) is 6.32. The van der Waals surface area contributed by atoms with Gasteiger partial charge in [-0.25, -0.2) is 0 Å². The van der Waals surface area contributed by atoms with E-state index < -0.39 is 0 Å². The highest BCUT2D eigenvalue weighted by Gasteiger charge is 2.36. The Morgan fingerprint density at radius 2 is 2.13 bits per heavy atom. The van der Waals surface area contributed by atoms with Crippen molar-refractivity contribution in [3.63, 3.8) is 0 Å². The predicted molar refractivity (Wildman–Crippen MR) is 89.5 cm³/mol. The fourth-order valence-corrected chi connectivity index (χ4v) is 3.18. The number of rotatable bonds is 6. The van der Waals surface area contributed by atoms with Gasteiger partial charge in [-0.1, -0.05) is 18.2 Å². The molecule has 124 valence electrons. The van der Waals surface area contributed by atoms with Crippen LogP contribution in [0.2, 0.25) is 0 Å². The van der Waals surface area contributed by atoms with E-state index in [0.29, 0.717) is 6.61 Å². The molecule has 2 aromatic rings. The number of nitrogens with one attached hydrogen (secondary N) is 1. The standard InChI is InChI=1S/C18H25N3O2/c1-15-16(11-19-20-15)12-21-10-6-9-18(13-21,22-2)14-23-17-7-4-3-5-8-17/h3-5,7-8,11H,6,9-10,12-14H2,1-2H3,(H,19,20)/t18-/m1/s1. The molecule has 0 aliphatic carbocycles. The molecular formula is C18H25N3O2. The summed E-state index contributed by atoms with van der Waals surface area (Å²) in [6.45, 7) is 5.50. The van der Waals surface area contributed by atoms with Crippen LogP contribution < -0.4 is 4.74 Å². The number of methoxy groups -OCH3 is 1. The van der Waals surface area contributed by atoms with Gasteiger partial charge in [0, 0.05) is 31.5 Å². The maximum absolute atomic E-state index is 5.98. The number of likely N-dealkylation sites (tertiary alicyclic amines) is 1. The van der Waals surface area contributed by atoms with Crippen molar-refractivity contribution in [2.24, 2.45) is 0 Å². The van der Waals surface area contributed by atoms with Crippen molar-refractivity contribution < 1.29 is 9.47 Å². The van der Waals surface area contributed by atoms with Crippen LogP contribution in [-0.4, -0.2) is 47.5 Å². The highest BCUT2D eigenvalue weighted by atomic mass is 16.5. The molecule has 1 aromatic carbocycles. The molecular weight excluding hydrogens is 290 g/mol. The van der Waals surface area contributed by atoms with Gasteiger partial charge in [0.05, 0.1) is 6.20 Å². The molecule has 1 aliphatic rings. The van der Waals surface area contributed by atoms with E-state index >= 15 is 0 Å². The lowest BCUT2D eigenvalue weighted by Crippen LogP contribution is -2.52. The second-order valence-electron chi connectivity index (χ2n) is 6.32. The number of ether oxygens (including phenoxy) is 2. The molecule has 1 saturated heterocycles. The van der Waals surface area contributed by atoms with Crippen LogP contribution in [0, 0.1) is 6.92 Å². The topological polar surface area (TPSA) is 50.4 Å². The van der Waals surface area contributed by atoms with Gasteiger partial charge in [-0.05, 0) is 38.4 Å². The smallest absolute Gasteiger partial charge is 0.119 e. The van der Waals surface area contributed by atoms with Gasteiger partial charge in [-0.3, -0.25) is 10.00 Å². The predicted octanol–water partition coefficient (Wildman–Crippen LogP) is 2.78. The SMILES string of the molecule is CO[C@]1(COc2ccccc2)CCCN(Cc2cn[nH]c2C)C1. The molecule has 1 aliphatic heterocycles. The van der Waals surface area contributed by atoms with E-state index in [1.807, 2.05) is 36.5 Å². The van der Waals surface area contributed by atoms with Gasteiger partial charge < -0.3 is 9.47 Å². The minimum atomic E-state index is -0.244. The number of aromatic nitrogens is 2. The van der Waals surface area contributed by atoms with Crippen LogP contribution in [0.15, 0.2) is 36.5 Å². The Balaban J connectivity index is 1.63. The average molecular weight is 315 g/mol. The van der Waals surface area contributed by atoms with Crippen molar-refractivity contribution >= 4 is 0 Å². The van der Waals surface area contributed by atoms with Crippen molar-refractivity contribution in [3.05, 3.63) is 47.8 Å². The summed E-state index contributed by atoms with van der Waals surface area (Å²) in [7, 11) is 1.79. The van der Waals surface area contributed by atoms with Gasteiger partial charge in [-0.2, -0.15) is 5.10 Å². The van der Waals surface area contributed by atoms with E-state index in [1.165, 1.54) is 5.56 Å². The number of piperidine rings is 1. The van der Waals surface area contributed by atoms with Crippen molar-refractivity contribution in [2.45, 2.75) is 31.9 Å². The summed E-state index contributed by atoms with van der Waals surface area (Å²) in [6.07, 6.45) is 4.05. The summed E-state index contributed by atoms with van der Waals surface area (Å²) < 4.78 is 11.9. The van der Waals surface area contributed by atoms with Crippen LogP contribution in [0.3, 0.4) is 0 Å². The monoisotopic (exact) mass is 315 g/mol. The average Bonchev–Trinajstić information content (AvgIpc) is 2.99.